The van der Waals surface area contributed by atoms with Crippen LogP contribution in [0.5, 0.6) is 0 Å². The first kappa shape index (κ1) is 15.1. The molecule has 5 nitrogen and oxygen atoms in total. The molecule has 1 aromatic carbocycles. The van der Waals surface area contributed by atoms with E-state index in [4.69, 9.17) is 11.6 Å². The van der Waals surface area contributed by atoms with Crippen molar-refractivity contribution in [3.63, 3.8) is 0 Å². The summed E-state index contributed by atoms with van der Waals surface area (Å²) in [6.07, 6.45) is 2.33. The molecule has 1 unspecified atom stereocenters. The summed E-state index contributed by atoms with van der Waals surface area (Å²) < 4.78 is 0. The normalized spacial score (nSPS) is 18.8. The largest absolute Gasteiger partial charge is 0.366 e. The van der Waals surface area contributed by atoms with Crippen LogP contribution in [0.3, 0.4) is 0 Å². The number of piperidine rings is 1. The van der Waals surface area contributed by atoms with Gasteiger partial charge in [-0.15, -0.1) is 0 Å². The van der Waals surface area contributed by atoms with Gasteiger partial charge in [0.15, 0.2) is 0 Å². The Hall–Kier alpha value is -1.33. The molecule has 1 aliphatic heterocycles. The van der Waals surface area contributed by atoms with E-state index in [1.807, 2.05) is 6.92 Å². The predicted octanol–water partition coefficient (Wildman–Crippen LogP) is 3.07. The van der Waals surface area contributed by atoms with Crippen molar-refractivity contribution in [1.29, 1.82) is 0 Å². The number of hydrogen-bond acceptors (Lipinski definition) is 4. The number of nitro groups is 1. The molecule has 1 saturated heterocycles. The third-order valence-corrected chi connectivity index (χ3v) is 4.05. The zero-order chi connectivity index (χ0) is 14.5. The Morgan fingerprint density at radius 2 is 2.35 bits per heavy atom. The smallest absolute Gasteiger partial charge is 0.310 e. The van der Waals surface area contributed by atoms with Crippen molar-refractivity contribution < 1.29 is 4.92 Å². The van der Waals surface area contributed by atoms with Crippen molar-refractivity contribution in [2.24, 2.45) is 5.92 Å². The van der Waals surface area contributed by atoms with Gasteiger partial charge >= 0.3 is 5.69 Å². The van der Waals surface area contributed by atoms with Crippen molar-refractivity contribution in [3.8, 4) is 0 Å². The van der Waals surface area contributed by atoms with Gasteiger partial charge in [0.2, 0.25) is 0 Å². The molecule has 0 bridgehead atoms. The van der Waals surface area contributed by atoms with Crippen LogP contribution < -0.4 is 10.2 Å². The Morgan fingerprint density at radius 1 is 1.55 bits per heavy atom. The summed E-state index contributed by atoms with van der Waals surface area (Å²) in [4.78, 5) is 12.9. The van der Waals surface area contributed by atoms with Crippen LogP contribution in [0.15, 0.2) is 18.2 Å². The fourth-order valence-corrected chi connectivity index (χ4v) is 2.97. The summed E-state index contributed by atoms with van der Waals surface area (Å²) >= 11 is 5.99. The van der Waals surface area contributed by atoms with Crippen LogP contribution in [-0.2, 0) is 0 Å². The van der Waals surface area contributed by atoms with Gasteiger partial charge in [-0.05, 0) is 50.9 Å². The molecule has 6 heteroatoms. The highest BCUT2D eigenvalue weighted by atomic mass is 35.5. The van der Waals surface area contributed by atoms with Crippen LogP contribution in [0.25, 0.3) is 0 Å². The van der Waals surface area contributed by atoms with Gasteiger partial charge in [-0.2, -0.15) is 0 Å². The van der Waals surface area contributed by atoms with Gasteiger partial charge in [0.05, 0.1) is 4.92 Å². The standard InChI is InChI=1S/C14H20ClN3O2/c1-2-17(10-11-5-4-8-16-9-11)13-7-3-6-12(15)14(13)18(19)20/h3,6-7,11,16H,2,4-5,8-10H2,1H3. The van der Waals surface area contributed by atoms with Crippen LogP contribution in [0.1, 0.15) is 19.8 Å². The van der Waals surface area contributed by atoms with Gasteiger partial charge in [-0.1, -0.05) is 17.7 Å². The molecule has 0 saturated carbocycles. The molecule has 1 aliphatic rings. The number of anilines is 1. The second-order valence-electron chi connectivity index (χ2n) is 5.12. The topological polar surface area (TPSA) is 58.4 Å². The molecule has 0 spiro atoms. The van der Waals surface area contributed by atoms with Gasteiger partial charge in [-0.3, -0.25) is 10.1 Å². The van der Waals surface area contributed by atoms with E-state index < -0.39 is 0 Å². The fourth-order valence-electron chi connectivity index (χ4n) is 2.73. The minimum Gasteiger partial charge on any atom is -0.366 e. The van der Waals surface area contributed by atoms with Crippen LogP contribution in [-0.4, -0.2) is 31.1 Å². The maximum Gasteiger partial charge on any atom is 0.310 e. The molecule has 0 aromatic heterocycles. The van der Waals surface area contributed by atoms with Crippen molar-refractivity contribution >= 4 is 23.0 Å². The van der Waals surface area contributed by atoms with Crippen LogP contribution in [0.4, 0.5) is 11.4 Å². The summed E-state index contributed by atoms with van der Waals surface area (Å²) in [6.45, 7) is 5.62. The molecule has 1 fully saturated rings. The molecule has 1 heterocycles. The molecule has 0 radical (unpaired) electrons. The van der Waals surface area contributed by atoms with E-state index >= 15 is 0 Å². The second kappa shape index (κ2) is 6.90. The fraction of sp³-hybridized carbons (Fsp3) is 0.571. The highest BCUT2D eigenvalue weighted by Gasteiger charge is 2.24. The van der Waals surface area contributed by atoms with Gasteiger partial charge in [0.1, 0.15) is 10.7 Å². The summed E-state index contributed by atoms with van der Waals surface area (Å²) in [6, 6.07) is 5.12. The van der Waals surface area contributed by atoms with Crippen LogP contribution >= 0.6 is 11.6 Å². The summed E-state index contributed by atoms with van der Waals surface area (Å²) in [5, 5.41) is 14.8. The number of benzene rings is 1. The second-order valence-corrected chi connectivity index (χ2v) is 5.52. The third-order valence-electron chi connectivity index (χ3n) is 3.75. The highest BCUT2D eigenvalue weighted by Crippen LogP contribution is 2.35. The van der Waals surface area contributed by atoms with Crippen LogP contribution in [0.2, 0.25) is 5.02 Å². The van der Waals surface area contributed by atoms with E-state index in [9.17, 15) is 10.1 Å². The number of nitro benzene ring substituents is 1. The monoisotopic (exact) mass is 297 g/mol. The molecule has 1 N–H and O–H groups in total. The van der Waals surface area contributed by atoms with E-state index in [0.29, 0.717) is 11.6 Å². The zero-order valence-electron chi connectivity index (χ0n) is 11.6. The SMILES string of the molecule is CCN(CC1CCCNC1)c1cccc(Cl)c1[N+](=O)[O-]. The molecule has 0 amide bonds. The van der Waals surface area contributed by atoms with Crippen molar-refractivity contribution in [3.05, 3.63) is 33.3 Å². The van der Waals surface area contributed by atoms with E-state index in [0.717, 1.165) is 32.6 Å². The lowest BCUT2D eigenvalue weighted by Crippen LogP contribution is -2.38. The number of rotatable bonds is 5. The van der Waals surface area contributed by atoms with Gasteiger partial charge in [-0.25, -0.2) is 0 Å². The third kappa shape index (κ3) is 3.41. The molecule has 110 valence electrons. The van der Waals surface area contributed by atoms with Gasteiger partial charge in [0, 0.05) is 13.1 Å². The Morgan fingerprint density at radius 3 is 2.95 bits per heavy atom. The maximum absolute atomic E-state index is 11.2. The Kier molecular flexibility index (Phi) is 5.20. The van der Waals surface area contributed by atoms with Gasteiger partial charge in [0.25, 0.3) is 0 Å². The summed E-state index contributed by atoms with van der Waals surface area (Å²) in [5.41, 5.74) is 0.635. The average Bonchev–Trinajstić information content (AvgIpc) is 2.45. The van der Waals surface area contributed by atoms with E-state index in [-0.39, 0.29) is 15.6 Å². The quantitative estimate of drug-likeness (QED) is 0.670. The lowest BCUT2D eigenvalue weighted by Gasteiger charge is -2.30. The Bertz CT molecular complexity index is 475. The first-order valence-corrected chi connectivity index (χ1v) is 7.39. The van der Waals surface area contributed by atoms with Crippen molar-refractivity contribution in [2.75, 3.05) is 31.1 Å². The average molecular weight is 298 g/mol. The first-order chi connectivity index (χ1) is 9.63. The number of para-hydroxylation sites is 1. The molecular weight excluding hydrogens is 278 g/mol. The highest BCUT2D eigenvalue weighted by molar-refractivity contribution is 6.33. The molecular formula is C14H20ClN3O2. The summed E-state index contributed by atoms with van der Waals surface area (Å²) in [7, 11) is 0. The minimum atomic E-state index is -0.389. The number of halogens is 1. The lowest BCUT2D eigenvalue weighted by atomic mass is 9.98. The molecule has 20 heavy (non-hydrogen) atoms. The van der Waals surface area contributed by atoms with E-state index in [1.165, 1.54) is 6.42 Å². The first-order valence-electron chi connectivity index (χ1n) is 7.02. The molecule has 1 atom stereocenters. The molecule has 1 aromatic rings. The maximum atomic E-state index is 11.2. The molecule has 2 rings (SSSR count). The van der Waals surface area contributed by atoms with Crippen LogP contribution in [0, 0.1) is 16.0 Å². The van der Waals surface area contributed by atoms with Gasteiger partial charge < -0.3 is 10.2 Å². The number of nitrogens with one attached hydrogen (secondary N) is 1. The van der Waals surface area contributed by atoms with E-state index in [2.05, 4.69) is 10.2 Å². The van der Waals surface area contributed by atoms with E-state index in [1.54, 1.807) is 18.2 Å². The van der Waals surface area contributed by atoms with Crippen molar-refractivity contribution in [1.82, 2.24) is 5.32 Å². The Labute approximate surface area is 124 Å². The lowest BCUT2D eigenvalue weighted by molar-refractivity contribution is -0.384. The summed E-state index contributed by atoms with van der Waals surface area (Å²) in [5.74, 6) is 0.530. The van der Waals surface area contributed by atoms with Crippen molar-refractivity contribution in [2.45, 2.75) is 19.8 Å². The number of hydrogen-bond donors (Lipinski definition) is 1. The minimum absolute atomic E-state index is 0.0137. The predicted molar refractivity (Wildman–Crippen MR) is 81.6 cm³/mol. The zero-order valence-corrected chi connectivity index (χ0v) is 12.4. The number of nitrogens with zero attached hydrogens (tertiary/aromatic N) is 2. The molecule has 0 aliphatic carbocycles. The Balaban J connectivity index is 2.22.